The second-order valence-corrected chi connectivity index (χ2v) is 7.77. The average molecular weight is 357 g/mol. The van der Waals surface area contributed by atoms with Crippen LogP contribution in [-0.4, -0.2) is 40.2 Å². The predicted molar refractivity (Wildman–Crippen MR) is 96.3 cm³/mol. The molecule has 0 atom stereocenters. The molecule has 2 aliphatic carbocycles. The van der Waals surface area contributed by atoms with Gasteiger partial charge < -0.3 is 9.68 Å². The lowest BCUT2D eigenvalue weighted by Crippen LogP contribution is -2.34. The summed E-state index contributed by atoms with van der Waals surface area (Å²) in [6, 6.07) is 0. The molecule has 0 saturated heterocycles. The molecule has 0 unspecified atom stereocenters. The van der Waals surface area contributed by atoms with Crippen molar-refractivity contribution in [1.29, 1.82) is 0 Å². The maximum atomic E-state index is 12.0. The molecule has 0 radical (unpaired) electrons. The van der Waals surface area contributed by atoms with Crippen molar-refractivity contribution < 1.29 is 14.5 Å². The molecule has 2 fully saturated rings. The smallest absolute Gasteiger partial charge is 0.340 e. The van der Waals surface area contributed by atoms with Crippen molar-refractivity contribution in [2.45, 2.75) is 46.0 Å². The third-order valence-corrected chi connectivity index (χ3v) is 5.95. The third-order valence-electron chi connectivity index (χ3n) is 4.45. The number of hydrogen-bond acceptors (Lipinski definition) is 5. The Morgan fingerprint density at radius 3 is 1.78 bits per heavy atom. The van der Waals surface area contributed by atoms with E-state index in [9.17, 15) is 4.79 Å². The van der Waals surface area contributed by atoms with Crippen molar-refractivity contribution in [1.82, 2.24) is 10.1 Å². The molecule has 7 heteroatoms. The number of carbonyl (C=O) groups is 1. The Hall–Kier alpha value is -1.21. The van der Waals surface area contributed by atoms with Crippen molar-refractivity contribution in [2.75, 3.05) is 14.1 Å². The highest BCUT2D eigenvalue weighted by Gasteiger charge is 2.45. The molecule has 0 aromatic heterocycles. The van der Waals surface area contributed by atoms with E-state index in [0.29, 0.717) is 10.7 Å². The quantitative estimate of drug-likeness (QED) is 0.410. The Labute approximate surface area is 148 Å². The van der Waals surface area contributed by atoms with Crippen LogP contribution in [0.1, 0.15) is 46.0 Å². The van der Waals surface area contributed by atoms with Crippen LogP contribution >= 0.6 is 24.4 Å². The summed E-state index contributed by atoms with van der Waals surface area (Å²) in [4.78, 5) is 24.1. The summed E-state index contributed by atoms with van der Waals surface area (Å²) < 4.78 is 0. The van der Waals surface area contributed by atoms with Crippen molar-refractivity contribution in [3.8, 4) is 0 Å². The number of hydroxylamine groups is 4. The van der Waals surface area contributed by atoms with Crippen LogP contribution < -0.4 is 0 Å². The fourth-order valence-corrected chi connectivity index (χ4v) is 2.70. The van der Waals surface area contributed by atoms with Gasteiger partial charge in [-0.1, -0.05) is 44.9 Å². The monoisotopic (exact) mass is 356 g/mol. The van der Waals surface area contributed by atoms with Crippen molar-refractivity contribution >= 4 is 40.4 Å². The molecule has 0 heterocycles. The molecule has 0 N–H and O–H groups in total. The van der Waals surface area contributed by atoms with E-state index < -0.39 is 5.97 Å². The number of hydrogen-bond donors (Lipinski definition) is 0. The summed E-state index contributed by atoms with van der Waals surface area (Å²) in [7, 11) is 3.39. The van der Waals surface area contributed by atoms with E-state index in [-0.39, 0.29) is 17.3 Å². The zero-order valence-corrected chi connectivity index (χ0v) is 15.8. The highest BCUT2D eigenvalue weighted by atomic mass is 32.1. The molecule has 2 aliphatic rings. The molecule has 0 aromatic carbocycles. The van der Waals surface area contributed by atoms with Gasteiger partial charge in [-0.05, 0) is 25.7 Å². The molecular formula is C16H24N2O3S2. The summed E-state index contributed by atoms with van der Waals surface area (Å²) in [6.45, 7) is 7.92. The Morgan fingerprint density at radius 2 is 1.39 bits per heavy atom. The molecule has 0 spiro atoms. The van der Waals surface area contributed by atoms with Crippen molar-refractivity contribution in [2.24, 2.45) is 10.8 Å². The van der Waals surface area contributed by atoms with Crippen molar-refractivity contribution in [3.63, 3.8) is 0 Å². The zero-order valence-electron chi connectivity index (χ0n) is 14.2. The van der Waals surface area contributed by atoms with Crippen LogP contribution in [0.4, 0.5) is 0 Å². The van der Waals surface area contributed by atoms with Gasteiger partial charge in [-0.25, -0.2) is 14.9 Å². The first kappa shape index (κ1) is 18.1. The zero-order chi connectivity index (χ0) is 17.4. The first-order valence-corrected chi connectivity index (χ1v) is 8.52. The normalized spacial score (nSPS) is 19.3. The first-order valence-electron chi connectivity index (χ1n) is 7.70. The molecule has 0 bridgehead atoms. The van der Waals surface area contributed by atoms with E-state index in [1.165, 1.54) is 10.1 Å². The van der Waals surface area contributed by atoms with E-state index in [2.05, 4.69) is 20.4 Å². The minimum atomic E-state index is -0.457. The SMILES string of the molecule is C=C(CC(=O)ON(C)C(=S)C1(C)CC1)ON(C)C(=S)C1(C)CC1. The highest BCUT2D eigenvalue weighted by Crippen LogP contribution is 2.47. The molecule has 5 nitrogen and oxygen atoms in total. The number of rotatable bonds is 6. The van der Waals surface area contributed by atoms with Gasteiger partial charge in [0.05, 0.1) is 0 Å². The van der Waals surface area contributed by atoms with E-state index >= 15 is 0 Å². The summed E-state index contributed by atoms with van der Waals surface area (Å²) in [5.41, 5.74) is 0.0287. The van der Waals surface area contributed by atoms with Crippen LogP contribution in [0.3, 0.4) is 0 Å². The van der Waals surface area contributed by atoms with Crippen LogP contribution in [0.5, 0.6) is 0 Å². The van der Waals surface area contributed by atoms with E-state index in [1.807, 2.05) is 0 Å². The average Bonchev–Trinajstić information content (AvgIpc) is 3.37. The molecule has 23 heavy (non-hydrogen) atoms. The van der Waals surface area contributed by atoms with Crippen molar-refractivity contribution in [3.05, 3.63) is 12.3 Å². The Kier molecular flexibility index (Phi) is 5.01. The first-order chi connectivity index (χ1) is 10.6. The largest absolute Gasteiger partial charge is 0.384 e. The number of carbonyl (C=O) groups excluding carboxylic acids is 1. The van der Waals surface area contributed by atoms with Gasteiger partial charge in [0.25, 0.3) is 0 Å². The second-order valence-electron chi connectivity index (χ2n) is 7.00. The summed E-state index contributed by atoms with van der Waals surface area (Å²) in [5, 5.41) is 2.88. The van der Waals surface area contributed by atoms with Gasteiger partial charge in [-0.3, -0.25) is 0 Å². The van der Waals surface area contributed by atoms with E-state index in [4.69, 9.17) is 34.1 Å². The van der Waals surface area contributed by atoms with Gasteiger partial charge >= 0.3 is 5.97 Å². The standard InChI is InChI=1S/C16H24N2O3S2/c1-11(20-17(4)13(22)15(2)6-7-15)10-12(19)21-18(5)14(23)16(3)8-9-16/h1,6-10H2,2-5H3. The van der Waals surface area contributed by atoms with Gasteiger partial charge in [-0.15, -0.1) is 0 Å². The van der Waals surface area contributed by atoms with Gasteiger partial charge in [0.1, 0.15) is 22.2 Å². The molecule has 2 rings (SSSR count). The summed E-state index contributed by atoms with van der Waals surface area (Å²) in [6.07, 6.45) is 4.15. The minimum absolute atomic E-state index is 0.00993. The maximum absolute atomic E-state index is 12.0. The minimum Gasteiger partial charge on any atom is -0.384 e. The van der Waals surface area contributed by atoms with E-state index in [0.717, 1.165) is 30.7 Å². The highest BCUT2D eigenvalue weighted by molar-refractivity contribution is 7.80. The van der Waals surface area contributed by atoms with Gasteiger partial charge in [0.2, 0.25) is 0 Å². The van der Waals surface area contributed by atoms with Crippen LogP contribution in [0.2, 0.25) is 0 Å². The molecule has 0 amide bonds. The lowest BCUT2D eigenvalue weighted by Gasteiger charge is -2.25. The molecular weight excluding hydrogens is 332 g/mol. The lowest BCUT2D eigenvalue weighted by atomic mass is 10.1. The van der Waals surface area contributed by atoms with Gasteiger partial charge in [-0.2, -0.15) is 0 Å². The number of thiocarbonyl (C=S) groups is 2. The van der Waals surface area contributed by atoms with Crippen LogP contribution in [0.25, 0.3) is 0 Å². The Morgan fingerprint density at radius 1 is 1.00 bits per heavy atom. The fraction of sp³-hybridized carbons (Fsp3) is 0.688. The van der Waals surface area contributed by atoms with Crippen LogP contribution in [0.15, 0.2) is 12.3 Å². The lowest BCUT2D eigenvalue weighted by molar-refractivity contribution is -0.170. The summed E-state index contributed by atoms with van der Waals surface area (Å²) in [5.74, 6) is -0.165. The summed E-state index contributed by atoms with van der Waals surface area (Å²) >= 11 is 10.7. The fourth-order valence-electron chi connectivity index (χ4n) is 2.22. The maximum Gasteiger partial charge on any atom is 0.340 e. The molecule has 128 valence electrons. The molecule has 0 aromatic rings. The Balaban J connectivity index is 1.75. The topological polar surface area (TPSA) is 42.0 Å². The number of nitrogens with zero attached hydrogens (tertiary/aromatic N) is 2. The Bertz CT molecular complexity index is 506. The molecule has 0 aliphatic heterocycles. The third kappa shape index (κ3) is 4.41. The van der Waals surface area contributed by atoms with Crippen LogP contribution in [-0.2, 0) is 14.5 Å². The molecule has 2 saturated carbocycles. The second kappa shape index (κ2) is 6.36. The van der Waals surface area contributed by atoms with E-state index in [1.54, 1.807) is 14.1 Å². The van der Waals surface area contributed by atoms with Crippen LogP contribution in [0, 0.1) is 10.8 Å². The van der Waals surface area contributed by atoms with Gasteiger partial charge in [0.15, 0.2) is 0 Å². The predicted octanol–water partition coefficient (Wildman–Crippen LogP) is 3.40. The van der Waals surface area contributed by atoms with Gasteiger partial charge in [0, 0.05) is 24.9 Å².